The number of nitrogens with zero attached hydrogens (tertiary/aromatic N) is 2. The maximum atomic E-state index is 10.9. The molecular formula is C16H25N3O2. The molecule has 116 valence electrons. The summed E-state index contributed by atoms with van der Waals surface area (Å²) in [5.41, 5.74) is 6.54. The lowest BCUT2D eigenvalue weighted by Gasteiger charge is -2.38. The van der Waals surface area contributed by atoms with E-state index in [4.69, 9.17) is 10.5 Å². The summed E-state index contributed by atoms with van der Waals surface area (Å²) in [6.45, 7) is 5.76. The van der Waals surface area contributed by atoms with Gasteiger partial charge in [0.05, 0.1) is 19.3 Å². The predicted octanol–water partition coefficient (Wildman–Crippen LogP) is 0.866. The van der Waals surface area contributed by atoms with E-state index in [0.717, 1.165) is 26.2 Å². The minimum absolute atomic E-state index is 0.120. The van der Waals surface area contributed by atoms with E-state index in [2.05, 4.69) is 36.1 Å². The van der Waals surface area contributed by atoms with Crippen molar-refractivity contribution in [2.75, 3.05) is 39.8 Å². The first-order valence-electron chi connectivity index (χ1n) is 7.43. The standard InChI is InChI=1S/C16H25N3O2/c1-13(14-6-4-3-5-7-14)19-8-9-21-15(11-19)10-18(2)12-16(17)20/h3-7,13,15H,8-12H2,1-2H3,(H2,17,20)/t13-,15-/m0/s1. The van der Waals surface area contributed by atoms with E-state index in [9.17, 15) is 4.79 Å². The van der Waals surface area contributed by atoms with Gasteiger partial charge in [0.25, 0.3) is 0 Å². The minimum Gasteiger partial charge on any atom is -0.374 e. The first-order chi connectivity index (χ1) is 10.1. The van der Waals surface area contributed by atoms with Crippen molar-refractivity contribution in [2.45, 2.75) is 19.1 Å². The molecule has 0 spiro atoms. The van der Waals surface area contributed by atoms with Gasteiger partial charge in [0.1, 0.15) is 0 Å². The Morgan fingerprint density at radius 1 is 1.48 bits per heavy atom. The molecule has 1 aromatic rings. The van der Waals surface area contributed by atoms with Gasteiger partial charge in [-0.05, 0) is 19.5 Å². The van der Waals surface area contributed by atoms with Gasteiger partial charge >= 0.3 is 0 Å². The molecule has 0 saturated carbocycles. The van der Waals surface area contributed by atoms with Crippen molar-refractivity contribution in [1.29, 1.82) is 0 Å². The van der Waals surface area contributed by atoms with Crippen molar-refractivity contribution in [3.8, 4) is 0 Å². The van der Waals surface area contributed by atoms with Gasteiger partial charge in [-0.2, -0.15) is 0 Å². The van der Waals surface area contributed by atoms with Crippen molar-refractivity contribution in [3.05, 3.63) is 35.9 Å². The number of primary amides is 1. The number of likely N-dealkylation sites (N-methyl/N-ethyl adjacent to an activating group) is 1. The number of carbonyl (C=O) groups excluding carboxylic acids is 1. The molecule has 0 unspecified atom stereocenters. The summed E-state index contributed by atoms with van der Waals surface area (Å²) in [6.07, 6.45) is 0.120. The topological polar surface area (TPSA) is 58.8 Å². The lowest BCUT2D eigenvalue weighted by atomic mass is 10.1. The fourth-order valence-electron chi connectivity index (χ4n) is 2.82. The molecule has 5 nitrogen and oxygen atoms in total. The number of benzene rings is 1. The highest BCUT2D eigenvalue weighted by Crippen LogP contribution is 2.22. The highest BCUT2D eigenvalue weighted by Gasteiger charge is 2.25. The molecular weight excluding hydrogens is 266 g/mol. The van der Waals surface area contributed by atoms with E-state index in [-0.39, 0.29) is 18.6 Å². The van der Waals surface area contributed by atoms with E-state index in [0.29, 0.717) is 6.04 Å². The third kappa shape index (κ3) is 4.81. The molecule has 1 fully saturated rings. The molecule has 0 bridgehead atoms. The predicted molar refractivity (Wildman–Crippen MR) is 82.9 cm³/mol. The molecule has 0 radical (unpaired) electrons. The Labute approximate surface area is 126 Å². The summed E-state index contributed by atoms with van der Waals surface area (Å²) in [5.74, 6) is -0.303. The monoisotopic (exact) mass is 291 g/mol. The zero-order chi connectivity index (χ0) is 15.2. The Morgan fingerprint density at radius 3 is 2.86 bits per heavy atom. The number of hydrogen-bond acceptors (Lipinski definition) is 4. The van der Waals surface area contributed by atoms with Gasteiger partial charge in [-0.25, -0.2) is 0 Å². The quantitative estimate of drug-likeness (QED) is 0.845. The molecule has 1 aromatic carbocycles. The summed E-state index contributed by atoms with van der Waals surface area (Å²) < 4.78 is 5.81. The van der Waals surface area contributed by atoms with Gasteiger partial charge in [0, 0.05) is 25.7 Å². The number of amides is 1. The molecule has 2 N–H and O–H groups in total. The molecule has 21 heavy (non-hydrogen) atoms. The number of morpholine rings is 1. The van der Waals surface area contributed by atoms with E-state index in [1.807, 2.05) is 18.0 Å². The van der Waals surface area contributed by atoms with Crippen LogP contribution in [0.25, 0.3) is 0 Å². The van der Waals surface area contributed by atoms with Gasteiger partial charge in [-0.1, -0.05) is 30.3 Å². The van der Waals surface area contributed by atoms with Crippen molar-refractivity contribution >= 4 is 5.91 Å². The van der Waals surface area contributed by atoms with E-state index in [1.165, 1.54) is 5.56 Å². The summed E-state index contributed by atoms with van der Waals surface area (Å²) in [7, 11) is 1.90. The summed E-state index contributed by atoms with van der Waals surface area (Å²) in [5, 5.41) is 0. The third-order valence-corrected chi connectivity index (χ3v) is 3.94. The van der Waals surface area contributed by atoms with Crippen LogP contribution < -0.4 is 5.73 Å². The molecule has 2 atom stereocenters. The molecule has 1 heterocycles. The lowest BCUT2D eigenvalue weighted by molar-refractivity contribution is -0.119. The van der Waals surface area contributed by atoms with Crippen LogP contribution in [0.1, 0.15) is 18.5 Å². The maximum absolute atomic E-state index is 10.9. The Balaban J connectivity index is 1.90. The molecule has 0 aliphatic carbocycles. The van der Waals surface area contributed by atoms with Crippen LogP contribution in [0.2, 0.25) is 0 Å². The van der Waals surface area contributed by atoms with E-state index in [1.54, 1.807) is 0 Å². The second kappa shape index (κ2) is 7.54. The lowest BCUT2D eigenvalue weighted by Crippen LogP contribution is -2.48. The Morgan fingerprint density at radius 2 is 2.19 bits per heavy atom. The van der Waals surface area contributed by atoms with Crippen LogP contribution in [-0.4, -0.2) is 61.6 Å². The Hall–Kier alpha value is -1.43. The highest BCUT2D eigenvalue weighted by molar-refractivity contribution is 5.75. The molecule has 1 amide bonds. The number of carbonyl (C=O) groups is 1. The normalized spacial score (nSPS) is 21.4. The molecule has 2 rings (SSSR count). The van der Waals surface area contributed by atoms with Crippen LogP contribution in [-0.2, 0) is 9.53 Å². The number of ether oxygens (including phenoxy) is 1. The minimum atomic E-state index is -0.303. The fraction of sp³-hybridized carbons (Fsp3) is 0.562. The molecule has 1 aliphatic rings. The van der Waals surface area contributed by atoms with Gasteiger partial charge < -0.3 is 10.5 Å². The van der Waals surface area contributed by atoms with Gasteiger partial charge in [-0.15, -0.1) is 0 Å². The Bertz CT molecular complexity index is 452. The summed E-state index contributed by atoms with van der Waals surface area (Å²) in [6, 6.07) is 10.9. The van der Waals surface area contributed by atoms with Crippen molar-refractivity contribution in [1.82, 2.24) is 9.80 Å². The van der Waals surface area contributed by atoms with Crippen molar-refractivity contribution in [3.63, 3.8) is 0 Å². The van der Waals surface area contributed by atoms with Gasteiger partial charge in [0.15, 0.2) is 0 Å². The molecule has 1 aliphatic heterocycles. The van der Waals surface area contributed by atoms with Gasteiger partial charge in [0.2, 0.25) is 5.91 Å². The zero-order valence-corrected chi connectivity index (χ0v) is 12.9. The average molecular weight is 291 g/mol. The second-order valence-corrected chi connectivity index (χ2v) is 5.74. The number of rotatable bonds is 6. The maximum Gasteiger partial charge on any atom is 0.231 e. The van der Waals surface area contributed by atoms with Crippen LogP contribution in [0, 0.1) is 0 Å². The zero-order valence-electron chi connectivity index (χ0n) is 12.9. The van der Waals surface area contributed by atoms with Crippen molar-refractivity contribution in [2.24, 2.45) is 5.73 Å². The van der Waals surface area contributed by atoms with Crippen LogP contribution in [0.3, 0.4) is 0 Å². The smallest absolute Gasteiger partial charge is 0.231 e. The first-order valence-corrected chi connectivity index (χ1v) is 7.43. The van der Waals surface area contributed by atoms with Crippen LogP contribution in [0.5, 0.6) is 0 Å². The van der Waals surface area contributed by atoms with Crippen LogP contribution in [0.4, 0.5) is 0 Å². The average Bonchev–Trinajstić information content (AvgIpc) is 2.46. The van der Waals surface area contributed by atoms with Crippen LogP contribution in [0.15, 0.2) is 30.3 Å². The fourth-order valence-corrected chi connectivity index (χ4v) is 2.82. The van der Waals surface area contributed by atoms with Gasteiger partial charge in [-0.3, -0.25) is 14.6 Å². The van der Waals surface area contributed by atoms with Crippen molar-refractivity contribution < 1.29 is 9.53 Å². The van der Waals surface area contributed by atoms with E-state index < -0.39 is 0 Å². The molecule has 5 heteroatoms. The first kappa shape index (κ1) is 15.9. The summed E-state index contributed by atoms with van der Waals surface area (Å²) in [4.78, 5) is 15.3. The van der Waals surface area contributed by atoms with Crippen LogP contribution >= 0.6 is 0 Å². The van der Waals surface area contributed by atoms with E-state index >= 15 is 0 Å². The summed E-state index contributed by atoms with van der Waals surface area (Å²) >= 11 is 0. The molecule has 1 saturated heterocycles. The largest absolute Gasteiger partial charge is 0.374 e. The molecule has 0 aromatic heterocycles. The Kier molecular flexibility index (Phi) is 5.73. The highest BCUT2D eigenvalue weighted by atomic mass is 16.5. The SMILES string of the molecule is C[C@@H](c1ccccc1)N1CCO[C@@H](CN(C)CC(N)=O)C1. The number of hydrogen-bond donors (Lipinski definition) is 1. The second-order valence-electron chi connectivity index (χ2n) is 5.74. The number of nitrogens with two attached hydrogens (primary N) is 1. The third-order valence-electron chi connectivity index (χ3n) is 3.94.